The Morgan fingerprint density at radius 2 is 1.96 bits per heavy atom. The molecule has 0 bridgehead atoms. The summed E-state index contributed by atoms with van der Waals surface area (Å²) in [6, 6.07) is 12.6. The first-order valence-electron chi connectivity index (χ1n) is 8.60. The first-order chi connectivity index (χ1) is 12.9. The van der Waals surface area contributed by atoms with Crippen molar-refractivity contribution in [3.05, 3.63) is 64.8 Å². The van der Waals surface area contributed by atoms with Gasteiger partial charge in [-0.25, -0.2) is 13.2 Å². The number of sulfone groups is 1. The normalized spacial score (nSPS) is 15.4. The maximum absolute atomic E-state index is 12.2. The van der Waals surface area contributed by atoms with Crippen molar-refractivity contribution in [2.75, 3.05) is 12.9 Å². The molecule has 4 rings (SSSR count). The summed E-state index contributed by atoms with van der Waals surface area (Å²) in [5, 5.41) is 10.5. The molecule has 2 aromatic carbocycles. The minimum absolute atomic E-state index is 0.0214. The van der Waals surface area contributed by atoms with E-state index in [0.29, 0.717) is 24.3 Å². The highest BCUT2D eigenvalue weighted by molar-refractivity contribution is 7.90. The van der Waals surface area contributed by atoms with E-state index in [0.717, 1.165) is 22.2 Å². The van der Waals surface area contributed by atoms with Crippen molar-refractivity contribution in [2.24, 2.45) is 0 Å². The van der Waals surface area contributed by atoms with E-state index in [-0.39, 0.29) is 17.1 Å². The summed E-state index contributed by atoms with van der Waals surface area (Å²) >= 11 is 0. The highest BCUT2D eigenvalue weighted by Crippen LogP contribution is 2.34. The largest absolute Gasteiger partial charge is 0.496 e. The van der Waals surface area contributed by atoms with Crippen LogP contribution in [-0.2, 0) is 28.6 Å². The maximum Gasteiger partial charge on any atom is 0.336 e. The van der Waals surface area contributed by atoms with Crippen LogP contribution < -0.4 is 4.74 Å². The van der Waals surface area contributed by atoms with Gasteiger partial charge >= 0.3 is 5.97 Å². The number of rotatable bonds is 4. The lowest BCUT2D eigenvalue weighted by molar-refractivity contribution is 0.0695. The Labute approximate surface area is 156 Å². The highest BCUT2D eigenvalue weighted by atomic mass is 32.2. The lowest BCUT2D eigenvalue weighted by Crippen LogP contribution is -2.21. The average Bonchev–Trinajstić information content (AvgIpc) is 2.94. The molecule has 0 radical (unpaired) electrons. The molecule has 0 aliphatic carbocycles. The molecule has 0 atom stereocenters. The fourth-order valence-corrected chi connectivity index (χ4v) is 5.29. The number of aromatic nitrogens is 1. The van der Waals surface area contributed by atoms with E-state index in [1.165, 1.54) is 7.11 Å². The molecule has 2 heterocycles. The van der Waals surface area contributed by atoms with Gasteiger partial charge in [0.2, 0.25) is 0 Å². The Kier molecular flexibility index (Phi) is 4.19. The van der Waals surface area contributed by atoms with Crippen LogP contribution in [0.3, 0.4) is 0 Å². The van der Waals surface area contributed by atoms with Gasteiger partial charge in [-0.1, -0.05) is 24.3 Å². The van der Waals surface area contributed by atoms with Crippen molar-refractivity contribution in [1.29, 1.82) is 0 Å². The second kappa shape index (κ2) is 6.42. The number of carboxylic acid groups (broad SMARTS) is 1. The van der Waals surface area contributed by atoms with Crippen LogP contribution in [-0.4, -0.2) is 36.9 Å². The minimum Gasteiger partial charge on any atom is -0.496 e. The van der Waals surface area contributed by atoms with E-state index >= 15 is 0 Å². The molecular formula is C20H19NO5S. The third kappa shape index (κ3) is 2.98. The number of aromatic carboxylic acids is 1. The zero-order valence-electron chi connectivity index (χ0n) is 14.8. The van der Waals surface area contributed by atoms with E-state index < -0.39 is 15.8 Å². The molecule has 1 aromatic heterocycles. The zero-order chi connectivity index (χ0) is 19.2. The Bertz CT molecular complexity index is 1160. The highest BCUT2D eigenvalue weighted by Gasteiger charge is 2.28. The van der Waals surface area contributed by atoms with Crippen LogP contribution in [0, 0.1) is 0 Å². The van der Waals surface area contributed by atoms with Crippen molar-refractivity contribution >= 4 is 26.7 Å². The third-order valence-corrected chi connectivity index (χ3v) is 6.66. The van der Waals surface area contributed by atoms with Gasteiger partial charge in [-0.15, -0.1) is 0 Å². The summed E-state index contributed by atoms with van der Waals surface area (Å²) in [6.07, 6.45) is 0.421. The van der Waals surface area contributed by atoms with Gasteiger partial charge in [0.05, 0.1) is 30.7 Å². The topological polar surface area (TPSA) is 85.6 Å². The van der Waals surface area contributed by atoms with Gasteiger partial charge < -0.3 is 14.4 Å². The number of nitrogens with zero attached hydrogens (tertiary/aromatic N) is 1. The van der Waals surface area contributed by atoms with Crippen LogP contribution >= 0.6 is 0 Å². The van der Waals surface area contributed by atoms with Crippen molar-refractivity contribution < 1.29 is 23.1 Å². The standard InChI is InChI=1S/C20H19NO5S/c1-26-19-8-4-6-14(20(22)23)15(19)11-21-17-7-3-2-5-13(17)16-12-27(24,25)10-9-18(16)21/h2-8H,9-12H2,1H3,(H,22,23). The molecule has 0 fully saturated rings. The summed E-state index contributed by atoms with van der Waals surface area (Å²) in [5.74, 6) is -0.386. The van der Waals surface area contributed by atoms with Gasteiger partial charge in [0.1, 0.15) is 5.75 Å². The Morgan fingerprint density at radius 3 is 2.70 bits per heavy atom. The first-order valence-corrected chi connectivity index (χ1v) is 10.4. The molecule has 0 unspecified atom stereocenters. The fraction of sp³-hybridized carbons (Fsp3) is 0.250. The lowest BCUT2D eigenvalue weighted by atomic mass is 10.1. The average molecular weight is 385 g/mol. The predicted octanol–water partition coefficient (Wildman–Crippen LogP) is 2.87. The predicted molar refractivity (Wildman–Crippen MR) is 102 cm³/mol. The Hall–Kier alpha value is -2.80. The molecule has 0 saturated heterocycles. The zero-order valence-corrected chi connectivity index (χ0v) is 15.6. The molecule has 27 heavy (non-hydrogen) atoms. The summed E-state index contributed by atoms with van der Waals surface area (Å²) in [5.41, 5.74) is 3.44. The second-order valence-electron chi connectivity index (χ2n) is 6.66. The molecule has 3 aromatic rings. The number of methoxy groups -OCH3 is 1. The van der Waals surface area contributed by atoms with Crippen LogP contribution in [0.15, 0.2) is 42.5 Å². The van der Waals surface area contributed by atoms with Crippen molar-refractivity contribution in [3.8, 4) is 5.75 Å². The summed E-state index contributed by atoms with van der Waals surface area (Å²) in [4.78, 5) is 11.7. The quantitative estimate of drug-likeness (QED) is 0.746. The fourth-order valence-electron chi connectivity index (χ4n) is 3.88. The molecule has 0 saturated carbocycles. The van der Waals surface area contributed by atoms with Crippen LogP contribution in [0.5, 0.6) is 5.75 Å². The number of carboxylic acids is 1. The number of hydrogen-bond acceptors (Lipinski definition) is 4. The SMILES string of the molecule is COc1cccc(C(=O)O)c1Cn1c2c(c3ccccc31)CS(=O)(=O)CC2. The van der Waals surface area contributed by atoms with Gasteiger partial charge in [-0.2, -0.15) is 0 Å². The van der Waals surface area contributed by atoms with Crippen LogP contribution in [0.4, 0.5) is 0 Å². The Balaban J connectivity index is 1.94. The molecule has 1 N–H and O–H groups in total. The number of fused-ring (bicyclic) bond motifs is 3. The van der Waals surface area contributed by atoms with Crippen molar-refractivity contribution in [3.63, 3.8) is 0 Å². The monoisotopic (exact) mass is 385 g/mol. The smallest absolute Gasteiger partial charge is 0.336 e. The summed E-state index contributed by atoms with van der Waals surface area (Å²) in [6.45, 7) is 0.307. The molecule has 0 spiro atoms. The molecule has 6 nitrogen and oxygen atoms in total. The summed E-state index contributed by atoms with van der Waals surface area (Å²) < 4.78 is 31.8. The second-order valence-corrected chi connectivity index (χ2v) is 8.85. The first kappa shape index (κ1) is 17.6. The number of hydrogen-bond donors (Lipinski definition) is 1. The molecule has 140 valence electrons. The van der Waals surface area contributed by atoms with Gasteiger partial charge in [0, 0.05) is 28.6 Å². The van der Waals surface area contributed by atoms with Gasteiger partial charge in [-0.05, 0) is 23.8 Å². The summed E-state index contributed by atoms with van der Waals surface area (Å²) in [7, 11) is -1.60. The van der Waals surface area contributed by atoms with E-state index in [1.54, 1.807) is 18.2 Å². The number of ether oxygens (including phenoxy) is 1. The van der Waals surface area contributed by atoms with E-state index in [1.807, 2.05) is 28.8 Å². The van der Waals surface area contributed by atoms with Crippen LogP contribution in [0.2, 0.25) is 0 Å². The van der Waals surface area contributed by atoms with E-state index in [4.69, 9.17) is 4.74 Å². The Morgan fingerprint density at radius 1 is 1.19 bits per heavy atom. The molecule has 1 aliphatic heterocycles. The number of carbonyl (C=O) groups is 1. The molecule has 7 heteroatoms. The number of para-hydroxylation sites is 1. The maximum atomic E-state index is 12.2. The van der Waals surface area contributed by atoms with Gasteiger partial charge in [-0.3, -0.25) is 0 Å². The van der Waals surface area contributed by atoms with Crippen molar-refractivity contribution in [2.45, 2.75) is 18.7 Å². The molecule has 1 aliphatic rings. The third-order valence-electron chi connectivity index (χ3n) is 5.11. The van der Waals surface area contributed by atoms with E-state index in [9.17, 15) is 18.3 Å². The molecule has 0 amide bonds. The van der Waals surface area contributed by atoms with Gasteiger partial charge in [0.25, 0.3) is 0 Å². The molecular weight excluding hydrogens is 366 g/mol. The van der Waals surface area contributed by atoms with Gasteiger partial charge in [0.15, 0.2) is 9.84 Å². The van der Waals surface area contributed by atoms with Crippen molar-refractivity contribution in [1.82, 2.24) is 4.57 Å². The van der Waals surface area contributed by atoms with Crippen LogP contribution in [0.25, 0.3) is 10.9 Å². The van der Waals surface area contributed by atoms with E-state index in [2.05, 4.69) is 0 Å². The lowest BCUT2D eigenvalue weighted by Gasteiger charge is -2.18. The minimum atomic E-state index is -3.11. The van der Waals surface area contributed by atoms with Crippen LogP contribution in [0.1, 0.15) is 27.2 Å². The number of benzene rings is 2.